The van der Waals surface area contributed by atoms with Crippen LogP contribution >= 0.6 is 24.0 Å². The lowest BCUT2D eigenvalue weighted by Gasteiger charge is -2.18. The molecule has 1 aliphatic heterocycles. The third kappa shape index (κ3) is 5.21. The molecule has 2 heterocycles. The number of hydrogen-bond acceptors (Lipinski definition) is 6. The van der Waals surface area contributed by atoms with Gasteiger partial charge in [0.25, 0.3) is 11.5 Å². The van der Waals surface area contributed by atoms with E-state index in [-0.39, 0.29) is 17.0 Å². The van der Waals surface area contributed by atoms with Crippen LogP contribution in [0.4, 0.5) is 5.82 Å². The molecule has 0 aliphatic carbocycles. The second kappa shape index (κ2) is 10.7. The molecule has 0 atom stereocenters. The van der Waals surface area contributed by atoms with Crippen molar-refractivity contribution in [1.82, 2.24) is 9.47 Å². The molecule has 1 amide bonds. The zero-order valence-electron chi connectivity index (χ0n) is 19.4. The number of rotatable bonds is 7. The first kappa shape index (κ1) is 24.5. The van der Waals surface area contributed by atoms with Crippen molar-refractivity contribution in [3.8, 4) is 6.07 Å². The van der Waals surface area contributed by atoms with Gasteiger partial charge in [0.15, 0.2) is 0 Å². The van der Waals surface area contributed by atoms with Crippen molar-refractivity contribution in [1.29, 1.82) is 5.26 Å². The van der Waals surface area contributed by atoms with Crippen LogP contribution in [0.1, 0.15) is 27.8 Å². The van der Waals surface area contributed by atoms with Crippen LogP contribution in [-0.2, 0) is 24.8 Å². The fraction of sp³-hybridized carbons (Fsp3) is 0.185. The Morgan fingerprint density at radius 3 is 2.31 bits per heavy atom. The van der Waals surface area contributed by atoms with Crippen LogP contribution in [0.3, 0.4) is 0 Å². The van der Waals surface area contributed by atoms with Gasteiger partial charge in [0.2, 0.25) is 0 Å². The molecular formula is C27H24N4O2S2. The Kier molecular flexibility index (Phi) is 7.49. The van der Waals surface area contributed by atoms with Gasteiger partial charge in [-0.05, 0) is 36.1 Å². The highest BCUT2D eigenvalue weighted by Gasteiger charge is 2.32. The van der Waals surface area contributed by atoms with Crippen LogP contribution in [0.25, 0.3) is 6.08 Å². The van der Waals surface area contributed by atoms with Crippen LogP contribution in [0.15, 0.2) is 70.4 Å². The number of pyridine rings is 1. The molecule has 1 saturated heterocycles. The fourth-order valence-corrected chi connectivity index (χ4v) is 5.18. The quantitative estimate of drug-likeness (QED) is 0.377. The number of thioether (sulfide) groups is 1. The summed E-state index contributed by atoms with van der Waals surface area (Å²) in [6, 6.07) is 21.7. The number of nitrogens with one attached hydrogen (secondary N) is 1. The van der Waals surface area contributed by atoms with Gasteiger partial charge in [-0.2, -0.15) is 5.26 Å². The summed E-state index contributed by atoms with van der Waals surface area (Å²) in [4.78, 5) is 28.1. The molecule has 8 heteroatoms. The first-order valence-corrected chi connectivity index (χ1v) is 12.3. The molecule has 0 spiro atoms. The van der Waals surface area contributed by atoms with Gasteiger partial charge in [-0.25, -0.2) is 0 Å². The maximum atomic E-state index is 13.2. The van der Waals surface area contributed by atoms with Crippen molar-refractivity contribution < 1.29 is 4.79 Å². The molecule has 35 heavy (non-hydrogen) atoms. The summed E-state index contributed by atoms with van der Waals surface area (Å²) in [7, 11) is 1.63. The zero-order chi connectivity index (χ0) is 24.9. The summed E-state index contributed by atoms with van der Waals surface area (Å²) in [5.41, 5.74) is 3.01. The van der Waals surface area contributed by atoms with Gasteiger partial charge in [0.05, 0.1) is 11.4 Å². The molecule has 1 N–H and O–H groups in total. The fourth-order valence-electron chi connectivity index (χ4n) is 3.95. The van der Waals surface area contributed by atoms with Gasteiger partial charge in [-0.1, -0.05) is 84.6 Å². The molecule has 6 nitrogen and oxygen atoms in total. The lowest BCUT2D eigenvalue weighted by Crippen LogP contribution is -2.27. The van der Waals surface area contributed by atoms with Crippen molar-refractivity contribution in [2.75, 3.05) is 11.9 Å². The minimum absolute atomic E-state index is 0.0622. The Hall–Kier alpha value is -3.67. The van der Waals surface area contributed by atoms with Crippen molar-refractivity contribution in [2.45, 2.75) is 19.9 Å². The molecule has 176 valence electrons. The molecule has 0 radical (unpaired) electrons. The highest BCUT2D eigenvalue weighted by molar-refractivity contribution is 8.26. The Bertz CT molecular complexity index is 1410. The summed E-state index contributed by atoms with van der Waals surface area (Å²) in [5.74, 6) is 0.376. The third-order valence-electron chi connectivity index (χ3n) is 5.88. The average molecular weight is 501 g/mol. The smallest absolute Gasteiger partial charge is 0.270 e. The van der Waals surface area contributed by atoms with E-state index >= 15 is 0 Å². The van der Waals surface area contributed by atoms with E-state index in [9.17, 15) is 14.9 Å². The second-order valence-corrected chi connectivity index (χ2v) is 9.83. The molecule has 0 unspecified atom stereocenters. The number of carbonyl (C=O) groups is 1. The Labute approximate surface area is 213 Å². The largest absolute Gasteiger partial charge is 0.371 e. The van der Waals surface area contributed by atoms with Crippen molar-refractivity contribution in [3.63, 3.8) is 0 Å². The van der Waals surface area contributed by atoms with Gasteiger partial charge in [-0.15, -0.1) is 0 Å². The monoisotopic (exact) mass is 500 g/mol. The second-order valence-electron chi connectivity index (χ2n) is 8.15. The molecule has 1 aliphatic rings. The molecule has 0 saturated carbocycles. The summed E-state index contributed by atoms with van der Waals surface area (Å²) in [6.45, 7) is 2.71. The molecule has 1 fully saturated rings. The SMILES string of the molecule is Cc1c(/C=C2/SC(=S)N(Cc3ccccc3)C2=O)c(NCCc2ccccc2)n(C)c(=O)c1C#N. The highest BCUT2D eigenvalue weighted by Crippen LogP contribution is 2.35. The summed E-state index contributed by atoms with van der Waals surface area (Å²) < 4.78 is 1.92. The van der Waals surface area contributed by atoms with Gasteiger partial charge in [0.1, 0.15) is 21.8 Å². The Morgan fingerprint density at radius 2 is 1.69 bits per heavy atom. The highest BCUT2D eigenvalue weighted by atomic mass is 32.2. The molecule has 4 rings (SSSR count). The van der Waals surface area contributed by atoms with Crippen LogP contribution in [0.2, 0.25) is 0 Å². The van der Waals surface area contributed by atoms with Crippen molar-refractivity contribution >= 4 is 46.1 Å². The number of carbonyl (C=O) groups excluding carboxylic acids is 1. The molecule has 3 aromatic rings. The van der Waals surface area contributed by atoms with Crippen LogP contribution < -0.4 is 10.9 Å². The van der Waals surface area contributed by atoms with Gasteiger partial charge < -0.3 is 5.32 Å². The van der Waals surface area contributed by atoms with E-state index in [1.807, 2.05) is 66.7 Å². The molecule has 0 bridgehead atoms. The van der Waals surface area contributed by atoms with Gasteiger partial charge >= 0.3 is 0 Å². The van der Waals surface area contributed by atoms with E-state index in [4.69, 9.17) is 12.2 Å². The summed E-state index contributed by atoms with van der Waals surface area (Å²) in [6.07, 6.45) is 2.50. The molecular weight excluding hydrogens is 476 g/mol. The van der Waals surface area contributed by atoms with E-state index in [2.05, 4.69) is 5.32 Å². The van der Waals surface area contributed by atoms with E-state index in [0.717, 1.165) is 12.0 Å². The Morgan fingerprint density at radius 1 is 1.06 bits per heavy atom. The first-order valence-electron chi connectivity index (χ1n) is 11.1. The first-order chi connectivity index (χ1) is 16.9. The summed E-state index contributed by atoms with van der Waals surface area (Å²) >= 11 is 6.73. The number of aromatic nitrogens is 1. The Balaban J connectivity index is 1.68. The number of nitriles is 1. The standard InChI is InChI=1S/C27H24N4O2S2/c1-18-21(15-23-26(33)31(27(34)35-23)17-20-11-7-4-8-12-20)24(30(2)25(32)22(18)16-28)29-14-13-19-9-5-3-6-10-19/h3-12,15,29H,13-14,17H2,1-2H3/b23-15+. The lowest BCUT2D eigenvalue weighted by molar-refractivity contribution is -0.122. The number of amides is 1. The predicted octanol–water partition coefficient (Wildman–Crippen LogP) is 4.62. The van der Waals surface area contributed by atoms with E-state index in [0.29, 0.717) is 39.3 Å². The van der Waals surface area contributed by atoms with E-state index in [1.54, 1.807) is 24.9 Å². The number of anilines is 1. The van der Waals surface area contributed by atoms with E-state index < -0.39 is 0 Å². The predicted molar refractivity (Wildman–Crippen MR) is 145 cm³/mol. The normalized spacial score (nSPS) is 14.4. The number of hydrogen-bond donors (Lipinski definition) is 1. The van der Waals surface area contributed by atoms with Crippen molar-refractivity contribution in [3.05, 3.63) is 104 Å². The van der Waals surface area contributed by atoms with Crippen LogP contribution in [0.5, 0.6) is 0 Å². The number of thiocarbonyl (C=S) groups is 1. The topological polar surface area (TPSA) is 78.1 Å². The summed E-state index contributed by atoms with van der Waals surface area (Å²) in [5, 5.41) is 13.0. The third-order valence-corrected chi connectivity index (χ3v) is 7.26. The number of nitrogens with zero attached hydrogens (tertiary/aromatic N) is 3. The average Bonchev–Trinajstić information content (AvgIpc) is 3.13. The minimum Gasteiger partial charge on any atom is -0.371 e. The lowest BCUT2D eigenvalue weighted by atomic mass is 10.0. The molecule has 1 aromatic heterocycles. The van der Waals surface area contributed by atoms with Gasteiger partial charge in [-0.3, -0.25) is 19.1 Å². The number of benzene rings is 2. The zero-order valence-corrected chi connectivity index (χ0v) is 21.1. The maximum absolute atomic E-state index is 13.2. The molecule has 2 aromatic carbocycles. The minimum atomic E-state index is -0.374. The van der Waals surface area contributed by atoms with Crippen LogP contribution in [-0.4, -0.2) is 26.2 Å². The van der Waals surface area contributed by atoms with Crippen LogP contribution in [0, 0.1) is 18.3 Å². The van der Waals surface area contributed by atoms with E-state index in [1.165, 1.54) is 21.9 Å². The maximum Gasteiger partial charge on any atom is 0.270 e. The van der Waals surface area contributed by atoms with Gasteiger partial charge in [0, 0.05) is 19.2 Å². The van der Waals surface area contributed by atoms with Crippen molar-refractivity contribution in [2.24, 2.45) is 7.05 Å².